The molecule has 1 aliphatic rings. The molecular formula is C20H23NO2. The van der Waals surface area contributed by atoms with E-state index in [1.807, 2.05) is 12.1 Å². The molecule has 23 heavy (non-hydrogen) atoms. The third-order valence-corrected chi connectivity index (χ3v) is 4.11. The van der Waals surface area contributed by atoms with E-state index in [0.29, 0.717) is 13.2 Å². The summed E-state index contributed by atoms with van der Waals surface area (Å²) in [6.45, 7) is 3.11. The number of nitrogens with zero attached hydrogens (tertiary/aromatic N) is 1. The van der Waals surface area contributed by atoms with Gasteiger partial charge in [0.25, 0.3) is 0 Å². The normalized spacial score (nSPS) is 15.3. The van der Waals surface area contributed by atoms with Gasteiger partial charge in [0.15, 0.2) is 6.61 Å². The molecule has 0 fully saturated rings. The van der Waals surface area contributed by atoms with Gasteiger partial charge in [-0.1, -0.05) is 48.5 Å². The molecule has 0 bridgehead atoms. The maximum absolute atomic E-state index is 5.71. The highest BCUT2D eigenvalue weighted by atomic mass is 16.6. The SMILES string of the molecule is CCc1cccc(OCCON=C2CCCc3ccccc32)c1. The lowest BCUT2D eigenvalue weighted by molar-refractivity contribution is 0.106. The first-order valence-electron chi connectivity index (χ1n) is 8.35. The van der Waals surface area contributed by atoms with Crippen LogP contribution in [0.2, 0.25) is 0 Å². The molecule has 1 aliphatic carbocycles. The molecule has 3 heteroatoms. The molecule has 0 amide bonds. The van der Waals surface area contributed by atoms with Crippen LogP contribution in [0.4, 0.5) is 0 Å². The lowest BCUT2D eigenvalue weighted by Crippen LogP contribution is -2.13. The van der Waals surface area contributed by atoms with E-state index >= 15 is 0 Å². The van der Waals surface area contributed by atoms with Gasteiger partial charge >= 0.3 is 0 Å². The Hall–Kier alpha value is -2.29. The zero-order valence-corrected chi connectivity index (χ0v) is 13.6. The second kappa shape index (κ2) is 7.82. The highest BCUT2D eigenvalue weighted by Gasteiger charge is 2.15. The Morgan fingerprint density at radius 1 is 1.00 bits per heavy atom. The lowest BCUT2D eigenvalue weighted by atomic mass is 9.90. The summed E-state index contributed by atoms with van der Waals surface area (Å²) >= 11 is 0. The summed E-state index contributed by atoms with van der Waals surface area (Å²) in [5, 5.41) is 4.33. The van der Waals surface area contributed by atoms with Crippen molar-refractivity contribution >= 4 is 5.71 Å². The fraction of sp³-hybridized carbons (Fsp3) is 0.350. The molecule has 2 aromatic carbocycles. The molecule has 3 nitrogen and oxygen atoms in total. The Morgan fingerprint density at radius 3 is 2.83 bits per heavy atom. The molecule has 3 rings (SSSR count). The summed E-state index contributed by atoms with van der Waals surface area (Å²) in [5.41, 5.74) is 4.94. The van der Waals surface area contributed by atoms with Crippen LogP contribution in [0.3, 0.4) is 0 Å². The Balaban J connectivity index is 1.50. The number of benzene rings is 2. The van der Waals surface area contributed by atoms with Crippen LogP contribution in [-0.2, 0) is 17.7 Å². The predicted octanol–water partition coefficient (Wildman–Crippen LogP) is 4.39. The maximum atomic E-state index is 5.71. The third-order valence-electron chi connectivity index (χ3n) is 4.11. The van der Waals surface area contributed by atoms with E-state index < -0.39 is 0 Å². The van der Waals surface area contributed by atoms with Gasteiger partial charge < -0.3 is 9.57 Å². The Bertz CT molecular complexity index is 679. The highest BCUT2D eigenvalue weighted by molar-refractivity contribution is 6.02. The molecule has 0 heterocycles. The van der Waals surface area contributed by atoms with Crippen molar-refractivity contribution in [1.29, 1.82) is 0 Å². The molecule has 0 aliphatic heterocycles. The van der Waals surface area contributed by atoms with Crippen LogP contribution in [0.25, 0.3) is 0 Å². The zero-order chi connectivity index (χ0) is 15.9. The van der Waals surface area contributed by atoms with Gasteiger partial charge in [-0.25, -0.2) is 0 Å². The molecule has 0 saturated carbocycles. The fourth-order valence-corrected chi connectivity index (χ4v) is 2.87. The Labute approximate surface area is 137 Å². The molecule has 120 valence electrons. The van der Waals surface area contributed by atoms with Gasteiger partial charge in [-0.2, -0.15) is 0 Å². The summed E-state index contributed by atoms with van der Waals surface area (Å²) in [4.78, 5) is 5.47. The van der Waals surface area contributed by atoms with E-state index in [1.54, 1.807) is 0 Å². The lowest BCUT2D eigenvalue weighted by Gasteiger charge is -2.17. The van der Waals surface area contributed by atoms with Crippen LogP contribution < -0.4 is 4.74 Å². The van der Waals surface area contributed by atoms with Crippen molar-refractivity contribution < 1.29 is 9.57 Å². The first-order valence-corrected chi connectivity index (χ1v) is 8.35. The quantitative estimate of drug-likeness (QED) is 0.585. The van der Waals surface area contributed by atoms with Crippen LogP contribution in [-0.4, -0.2) is 18.9 Å². The largest absolute Gasteiger partial charge is 0.490 e. The number of hydrogen-bond acceptors (Lipinski definition) is 3. The van der Waals surface area contributed by atoms with Gasteiger partial charge in [0.05, 0.1) is 5.71 Å². The first-order chi connectivity index (χ1) is 11.4. The summed E-state index contributed by atoms with van der Waals surface area (Å²) in [7, 11) is 0. The monoisotopic (exact) mass is 309 g/mol. The number of fused-ring (bicyclic) bond motifs is 1. The van der Waals surface area contributed by atoms with Gasteiger partial charge in [0, 0.05) is 5.56 Å². The molecule has 0 spiro atoms. The van der Waals surface area contributed by atoms with Crippen molar-refractivity contribution in [2.24, 2.45) is 5.16 Å². The maximum Gasteiger partial charge on any atom is 0.151 e. The predicted molar refractivity (Wildman–Crippen MR) is 93.2 cm³/mol. The number of aryl methyl sites for hydroxylation is 2. The second-order valence-corrected chi connectivity index (χ2v) is 5.73. The number of ether oxygens (including phenoxy) is 1. The first kappa shape index (κ1) is 15.6. The molecule has 0 atom stereocenters. The minimum Gasteiger partial charge on any atom is -0.490 e. The minimum absolute atomic E-state index is 0.460. The summed E-state index contributed by atoms with van der Waals surface area (Å²) < 4.78 is 5.71. The van der Waals surface area contributed by atoms with Crippen LogP contribution >= 0.6 is 0 Å². The van der Waals surface area contributed by atoms with E-state index in [4.69, 9.17) is 9.57 Å². The van der Waals surface area contributed by atoms with E-state index in [9.17, 15) is 0 Å². The minimum atomic E-state index is 0.460. The van der Waals surface area contributed by atoms with Crippen molar-refractivity contribution in [2.45, 2.75) is 32.6 Å². The fourth-order valence-electron chi connectivity index (χ4n) is 2.87. The Morgan fingerprint density at radius 2 is 1.91 bits per heavy atom. The summed E-state index contributed by atoms with van der Waals surface area (Å²) in [6, 6.07) is 16.6. The smallest absolute Gasteiger partial charge is 0.151 e. The number of hydrogen-bond donors (Lipinski definition) is 0. The van der Waals surface area contributed by atoms with E-state index in [-0.39, 0.29) is 0 Å². The van der Waals surface area contributed by atoms with Gasteiger partial charge in [-0.3, -0.25) is 0 Å². The molecule has 0 saturated heterocycles. The third kappa shape index (κ3) is 4.13. The molecule has 0 unspecified atom stereocenters. The van der Waals surface area contributed by atoms with Gasteiger partial charge in [-0.15, -0.1) is 0 Å². The van der Waals surface area contributed by atoms with Crippen LogP contribution in [0.5, 0.6) is 5.75 Å². The van der Waals surface area contributed by atoms with Crippen molar-refractivity contribution in [3.63, 3.8) is 0 Å². The molecule has 0 radical (unpaired) electrons. The van der Waals surface area contributed by atoms with Gasteiger partial charge in [0.2, 0.25) is 0 Å². The summed E-state index contributed by atoms with van der Waals surface area (Å²) in [6.07, 6.45) is 4.27. The van der Waals surface area contributed by atoms with Crippen LogP contribution in [0, 0.1) is 0 Å². The van der Waals surface area contributed by atoms with E-state index in [1.165, 1.54) is 16.7 Å². The zero-order valence-electron chi connectivity index (χ0n) is 13.6. The topological polar surface area (TPSA) is 30.8 Å². The molecular weight excluding hydrogens is 286 g/mol. The average Bonchev–Trinajstić information content (AvgIpc) is 2.62. The molecule has 2 aromatic rings. The number of oxime groups is 1. The molecule has 0 aromatic heterocycles. The Kier molecular flexibility index (Phi) is 5.30. The second-order valence-electron chi connectivity index (χ2n) is 5.73. The van der Waals surface area contributed by atoms with Gasteiger partial charge in [-0.05, 0) is 48.9 Å². The standard InChI is InChI=1S/C20H23NO2/c1-2-16-7-5-10-18(15-16)22-13-14-23-21-20-12-6-9-17-8-3-4-11-19(17)20/h3-5,7-8,10-11,15H,2,6,9,12-14H2,1H3. The number of rotatable bonds is 6. The van der Waals surface area contributed by atoms with Crippen molar-refractivity contribution in [3.8, 4) is 5.75 Å². The van der Waals surface area contributed by atoms with Crippen molar-refractivity contribution in [1.82, 2.24) is 0 Å². The van der Waals surface area contributed by atoms with Crippen LogP contribution in [0.1, 0.15) is 36.5 Å². The van der Waals surface area contributed by atoms with E-state index in [0.717, 1.165) is 37.1 Å². The summed E-state index contributed by atoms with van der Waals surface area (Å²) in [5.74, 6) is 0.892. The van der Waals surface area contributed by atoms with Crippen LogP contribution in [0.15, 0.2) is 53.7 Å². The van der Waals surface area contributed by atoms with Crippen molar-refractivity contribution in [2.75, 3.05) is 13.2 Å². The molecule has 0 N–H and O–H groups in total. The van der Waals surface area contributed by atoms with Crippen molar-refractivity contribution in [3.05, 3.63) is 65.2 Å². The highest BCUT2D eigenvalue weighted by Crippen LogP contribution is 2.21. The van der Waals surface area contributed by atoms with E-state index in [2.05, 4.69) is 48.5 Å². The van der Waals surface area contributed by atoms with Gasteiger partial charge in [0.1, 0.15) is 12.4 Å². The average molecular weight is 309 g/mol.